The lowest BCUT2D eigenvalue weighted by molar-refractivity contribution is -0.159. The van der Waals surface area contributed by atoms with E-state index in [1.807, 2.05) is 60.7 Å². The summed E-state index contributed by atoms with van der Waals surface area (Å²) in [6, 6.07) is 19.3. The maximum Gasteiger partial charge on any atom is 0.277 e. The van der Waals surface area contributed by atoms with Crippen LogP contribution in [-0.4, -0.2) is 26.4 Å². The van der Waals surface area contributed by atoms with Crippen LogP contribution in [0.5, 0.6) is 0 Å². The maximum absolute atomic E-state index is 12.2. The van der Waals surface area contributed by atoms with Gasteiger partial charge in [0.2, 0.25) is 6.29 Å². The van der Waals surface area contributed by atoms with Gasteiger partial charge in [0, 0.05) is 14.2 Å². The van der Waals surface area contributed by atoms with E-state index in [9.17, 15) is 4.79 Å². The van der Waals surface area contributed by atoms with Crippen LogP contribution >= 0.6 is 0 Å². The molecule has 0 unspecified atom stereocenters. The summed E-state index contributed by atoms with van der Waals surface area (Å²) in [6.07, 6.45) is -0.917. The van der Waals surface area contributed by atoms with Gasteiger partial charge in [-0.3, -0.25) is 4.79 Å². The smallest absolute Gasteiger partial charge is 0.277 e. The van der Waals surface area contributed by atoms with Crippen LogP contribution < -0.4 is 5.32 Å². The maximum atomic E-state index is 12.2. The van der Waals surface area contributed by atoms with Gasteiger partial charge in [-0.15, -0.1) is 0 Å². The normalized spacial score (nSPS) is 10.9. The summed E-state index contributed by atoms with van der Waals surface area (Å²) in [5, 5.41) is 2.96. The van der Waals surface area contributed by atoms with E-state index >= 15 is 0 Å². The van der Waals surface area contributed by atoms with Crippen molar-refractivity contribution in [1.82, 2.24) is 5.32 Å². The van der Waals surface area contributed by atoms with Crippen molar-refractivity contribution < 1.29 is 14.3 Å². The average molecular weight is 285 g/mol. The van der Waals surface area contributed by atoms with E-state index in [4.69, 9.17) is 9.47 Å². The van der Waals surface area contributed by atoms with Crippen LogP contribution in [0, 0.1) is 0 Å². The predicted octanol–water partition coefficient (Wildman–Crippen LogP) is 2.51. The Balaban J connectivity index is 2.27. The summed E-state index contributed by atoms with van der Waals surface area (Å²) in [5.41, 5.74) is 2.01. The zero-order valence-electron chi connectivity index (χ0n) is 12.2. The van der Waals surface area contributed by atoms with Crippen molar-refractivity contribution in [3.8, 4) is 0 Å². The molecular formula is C17H19NO3. The number of rotatable bonds is 6. The average Bonchev–Trinajstić information content (AvgIpc) is 2.55. The molecule has 0 spiro atoms. The lowest BCUT2D eigenvalue weighted by Crippen LogP contribution is -2.39. The van der Waals surface area contributed by atoms with Gasteiger partial charge in [0.15, 0.2) is 0 Å². The Labute approximate surface area is 124 Å². The highest BCUT2D eigenvalue weighted by atomic mass is 16.7. The molecule has 0 aliphatic carbocycles. The molecule has 21 heavy (non-hydrogen) atoms. The van der Waals surface area contributed by atoms with Gasteiger partial charge in [-0.05, 0) is 11.1 Å². The number of nitrogens with one attached hydrogen (secondary N) is 1. The van der Waals surface area contributed by atoms with Crippen molar-refractivity contribution in [2.24, 2.45) is 0 Å². The summed E-state index contributed by atoms with van der Waals surface area (Å²) < 4.78 is 10.00. The fourth-order valence-corrected chi connectivity index (χ4v) is 2.17. The first-order chi connectivity index (χ1) is 10.3. The summed E-state index contributed by atoms with van der Waals surface area (Å²) >= 11 is 0. The summed E-state index contributed by atoms with van der Waals surface area (Å²) in [5.74, 6) is -0.308. The second-order valence-electron chi connectivity index (χ2n) is 4.57. The zero-order valence-corrected chi connectivity index (χ0v) is 12.2. The first kappa shape index (κ1) is 15.2. The molecule has 4 nitrogen and oxygen atoms in total. The number of hydrogen-bond acceptors (Lipinski definition) is 3. The second kappa shape index (κ2) is 7.57. The number of benzene rings is 2. The lowest BCUT2D eigenvalue weighted by Gasteiger charge is -2.22. The van der Waals surface area contributed by atoms with Crippen molar-refractivity contribution in [1.29, 1.82) is 0 Å². The largest absolute Gasteiger partial charge is 0.348 e. The van der Waals surface area contributed by atoms with Gasteiger partial charge < -0.3 is 14.8 Å². The quantitative estimate of drug-likeness (QED) is 0.830. The number of hydrogen-bond donors (Lipinski definition) is 1. The third-order valence-corrected chi connectivity index (χ3v) is 3.19. The van der Waals surface area contributed by atoms with Gasteiger partial charge in [0.1, 0.15) is 0 Å². The molecule has 0 fully saturated rings. The number of amides is 1. The molecule has 4 heteroatoms. The molecule has 2 aromatic carbocycles. The minimum absolute atomic E-state index is 0.243. The Bertz CT molecular complexity index is 513. The van der Waals surface area contributed by atoms with Crippen molar-refractivity contribution in [2.45, 2.75) is 12.3 Å². The molecule has 0 aromatic heterocycles. The number of ether oxygens (including phenoxy) is 2. The minimum Gasteiger partial charge on any atom is -0.348 e. The second-order valence-corrected chi connectivity index (χ2v) is 4.57. The first-order valence-electron chi connectivity index (χ1n) is 6.72. The minimum atomic E-state index is -0.917. The summed E-state index contributed by atoms with van der Waals surface area (Å²) in [7, 11) is 2.88. The Morgan fingerprint density at radius 1 is 0.857 bits per heavy atom. The molecule has 2 aromatic rings. The molecule has 2 rings (SSSR count). The van der Waals surface area contributed by atoms with Crippen LogP contribution in [0.25, 0.3) is 0 Å². The van der Waals surface area contributed by atoms with Crippen LogP contribution in [0.1, 0.15) is 17.2 Å². The molecule has 0 atom stereocenters. The molecule has 0 saturated carbocycles. The van der Waals surface area contributed by atoms with E-state index in [-0.39, 0.29) is 11.9 Å². The Morgan fingerprint density at radius 2 is 1.29 bits per heavy atom. The highest BCUT2D eigenvalue weighted by Gasteiger charge is 2.22. The molecule has 0 saturated heterocycles. The van der Waals surface area contributed by atoms with Gasteiger partial charge in [-0.2, -0.15) is 0 Å². The third-order valence-electron chi connectivity index (χ3n) is 3.19. The van der Waals surface area contributed by atoms with Crippen molar-refractivity contribution in [2.75, 3.05) is 14.2 Å². The number of carbonyl (C=O) groups is 1. The molecule has 0 aliphatic rings. The van der Waals surface area contributed by atoms with Gasteiger partial charge in [0.25, 0.3) is 5.91 Å². The molecule has 0 heterocycles. The Morgan fingerprint density at radius 3 is 1.67 bits per heavy atom. The zero-order chi connectivity index (χ0) is 15.1. The fraction of sp³-hybridized carbons (Fsp3) is 0.235. The number of carbonyl (C=O) groups excluding carboxylic acids is 1. The van der Waals surface area contributed by atoms with Crippen LogP contribution in [-0.2, 0) is 14.3 Å². The van der Waals surface area contributed by atoms with E-state index in [0.717, 1.165) is 11.1 Å². The monoisotopic (exact) mass is 285 g/mol. The predicted molar refractivity (Wildman–Crippen MR) is 80.7 cm³/mol. The van der Waals surface area contributed by atoms with Crippen LogP contribution in [0.15, 0.2) is 60.7 Å². The molecule has 0 bridgehead atoms. The van der Waals surface area contributed by atoms with E-state index in [0.29, 0.717) is 0 Å². The van der Waals surface area contributed by atoms with E-state index < -0.39 is 6.29 Å². The third kappa shape index (κ3) is 3.90. The van der Waals surface area contributed by atoms with Gasteiger partial charge >= 0.3 is 0 Å². The van der Waals surface area contributed by atoms with E-state index in [1.54, 1.807) is 0 Å². The molecule has 1 N–H and O–H groups in total. The van der Waals surface area contributed by atoms with Crippen molar-refractivity contribution >= 4 is 5.91 Å². The summed E-state index contributed by atoms with van der Waals surface area (Å²) in [4.78, 5) is 12.2. The van der Waals surface area contributed by atoms with Crippen molar-refractivity contribution in [3.63, 3.8) is 0 Å². The van der Waals surface area contributed by atoms with Crippen LogP contribution in [0.4, 0.5) is 0 Å². The highest BCUT2D eigenvalue weighted by molar-refractivity contribution is 5.80. The molecule has 1 amide bonds. The number of methoxy groups -OCH3 is 2. The van der Waals surface area contributed by atoms with Gasteiger partial charge in [-0.25, -0.2) is 0 Å². The van der Waals surface area contributed by atoms with Gasteiger partial charge in [0.05, 0.1) is 6.04 Å². The summed E-state index contributed by atoms with van der Waals surface area (Å²) in [6.45, 7) is 0. The van der Waals surface area contributed by atoms with E-state index in [2.05, 4.69) is 5.32 Å². The highest BCUT2D eigenvalue weighted by Crippen LogP contribution is 2.21. The first-order valence-corrected chi connectivity index (χ1v) is 6.72. The van der Waals surface area contributed by atoms with Crippen LogP contribution in [0.2, 0.25) is 0 Å². The SMILES string of the molecule is COC(OC)C(=O)NC(c1ccccc1)c1ccccc1. The molecule has 0 radical (unpaired) electrons. The molecular weight excluding hydrogens is 266 g/mol. The fourth-order valence-electron chi connectivity index (χ4n) is 2.17. The van der Waals surface area contributed by atoms with E-state index in [1.165, 1.54) is 14.2 Å². The Kier molecular flexibility index (Phi) is 5.49. The van der Waals surface area contributed by atoms with Crippen LogP contribution in [0.3, 0.4) is 0 Å². The lowest BCUT2D eigenvalue weighted by atomic mass is 9.99. The standard InChI is InChI=1S/C17H19NO3/c1-20-17(21-2)16(19)18-15(13-9-5-3-6-10-13)14-11-7-4-8-12-14/h3-12,15,17H,1-2H3,(H,18,19). The topological polar surface area (TPSA) is 47.6 Å². The Hall–Kier alpha value is -2.17. The molecule has 0 aliphatic heterocycles. The van der Waals surface area contributed by atoms with Gasteiger partial charge in [-0.1, -0.05) is 60.7 Å². The van der Waals surface area contributed by atoms with Crippen molar-refractivity contribution in [3.05, 3.63) is 71.8 Å². The molecule has 110 valence electrons.